The predicted molar refractivity (Wildman–Crippen MR) is 57.9 cm³/mol. The summed E-state index contributed by atoms with van der Waals surface area (Å²) in [6, 6.07) is 0. The Morgan fingerprint density at radius 1 is 1.44 bits per heavy atom. The first-order chi connectivity index (χ1) is 7.63. The van der Waals surface area contributed by atoms with Crippen molar-refractivity contribution in [2.45, 2.75) is 0 Å². The Hall–Kier alpha value is -2.33. The fraction of sp³-hybridized carbons (Fsp3) is 0.222. The number of nitrogens with one attached hydrogen (secondary N) is 2. The number of aryl methyl sites for hydroxylation is 1. The molecule has 0 radical (unpaired) electrons. The van der Waals surface area contributed by atoms with E-state index >= 15 is 0 Å². The summed E-state index contributed by atoms with van der Waals surface area (Å²) in [6.45, 7) is 0.201. The lowest BCUT2D eigenvalue weighted by Crippen LogP contribution is -2.28. The monoisotopic (exact) mass is 219 g/mol. The third-order valence-electron chi connectivity index (χ3n) is 2.06. The van der Waals surface area contributed by atoms with E-state index in [1.165, 1.54) is 11.6 Å². The number of H-pyrrole nitrogens is 2. The SMILES string of the molecule is Cn1c(=O)[nH]c(=O)c2[nH]c(C#CCN)nc21. The Labute approximate surface area is 89.3 Å². The molecular formula is C9H9N5O2. The standard InChI is InChI=1S/C9H9N5O2/c1-14-7-6(8(15)13-9(14)16)11-5(12-7)3-2-4-10/h4,10H2,1H3,(H,11,12)(H,13,15,16). The Morgan fingerprint density at radius 2 is 2.19 bits per heavy atom. The second-order valence-corrected chi connectivity index (χ2v) is 3.11. The van der Waals surface area contributed by atoms with Gasteiger partial charge in [-0.05, 0) is 5.92 Å². The summed E-state index contributed by atoms with van der Waals surface area (Å²) in [6.07, 6.45) is 0. The summed E-state index contributed by atoms with van der Waals surface area (Å²) in [4.78, 5) is 31.6. The molecular weight excluding hydrogens is 210 g/mol. The molecule has 7 nitrogen and oxygen atoms in total. The number of nitrogens with two attached hydrogens (primary N) is 1. The van der Waals surface area contributed by atoms with E-state index in [0.717, 1.165) is 0 Å². The van der Waals surface area contributed by atoms with Crippen LogP contribution in [0, 0.1) is 11.8 Å². The smallest absolute Gasteiger partial charge is 0.325 e. The van der Waals surface area contributed by atoms with E-state index in [4.69, 9.17) is 5.73 Å². The summed E-state index contributed by atoms with van der Waals surface area (Å²) in [7, 11) is 1.52. The molecule has 2 aromatic rings. The van der Waals surface area contributed by atoms with Crippen molar-refractivity contribution in [3.8, 4) is 11.8 Å². The molecule has 0 aliphatic heterocycles. The number of hydrogen-bond acceptors (Lipinski definition) is 4. The van der Waals surface area contributed by atoms with Gasteiger partial charge in [0.2, 0.25) is 0 Å². The van der Waals surface area contributed by atoms with Crippen molar-refractivity contribution >= 4 is 11.2 Å². The number of aromatic amines is 2. The van der Waals surface area contributed by atoms with Gasteiger partial charge in [-0.3, -0.25) is 14.3 Å². The van der Waals surface area contributed by atoms with Crippen molar-refractivity contribution < 1.29 is 0 Å². The quantitative estimate of drug-likeness (QED) is 0.457. The highest BCUT2D eigenvalue weighted by molar-refractivity contribution is 5.70. The summed E-state index contributed by atoms with van der Waals surface area (Å²) >= 11 is 0. The Bertz CT molecular complexity index is 709. The van der Waals surface area contributed by atoms with Crippen molar-refractivity contribution in [1.29, 1.82) is 0 Å². The highest BCUT2D eigenvalue weighted by Crippen LogP contribution is 2.01. The van der Waals surface area contributed by atoms with Crippen LogP contribution in [-0.2, 0) is 7.05 Å². The van der Waals surface area contributed by atoms with E-state index in [1.807, 2.05) is 0 Å². The van der Waals surface area contributed by atoms with Crippen LogP contribution in [0.1, 0.15) is 5.82 Å². The van der Waals surface area contributed by atoms with E-state index < -0.39 is 11.2 Å². The molecule has 0 fully saturated rings. The van der Waals surface area contributed by atoms with Gasteiger partial charge < -0.3 is 10.7 Å². The topological polar surface area (TPSA) is 110 Å². The molecule has 2 heterocycles. The number of nitrogens with zero attached hydrogens (tertiary/aromatic N) is 2. The van der Waals surface area contributed by atoms with Gasteiger partial charge in [0.05, 0.1) is 6.54 Å². The van der Waals surface area contributed by atoms with Gasteiger partial charge in [-0.2, -0.15) is 0 Å². The minimum Gasteiger partial charge on any atom is -0.325 e. The average Bonchev–Trinajstić information content (AvgIpc) is 2.68. The maximum Gasteiger partial charge on any atom is 0.329 e. The number of fused-ring (bicyclic) bond motifs is 1. The van der Waals surface area contributed by atoms with Gasteiger partial charge in [-0.15, -0.1) is 0 Å². The molecule has 0 aliphatic carbocycles. The summed E-state index contributed by atoms with van der Waals surface area (Å²) in [5.74, 6) is 5.57. The first-order valence-electron chi connectivity index (χ1n) is 4.51. The van der Waals surface area contributed by atoms with Crippen LogP contribution in [0.3, 0.4) is 0 Å². The van der Waals surface area contributed by atoms with E-state index in [9.17, 15) is 9.59 Å². The second kappa shape index (κ2) is 3.67. The summed E-state index contributed by atoms with van der Waals surface area (Å²) in [5, 5.41) is 0. The number of aromatic nitrogens is 4. The van der Waals surface area contributed by atoms with Gasteiger partial charge >= 0.3 is 5.69 Å². The molecule has 0 amide bonds. The fourth-order valence-corrected chi connectivity index (χ4v) is 1.30. The third-order valence-corrected chi connectivity index (χ3v) is 2.06. The Morgan fingerprint density at radius 3 is 2.88 bits per heavy atom. The highest BCUT2D eigenvalue weighted by atomic mass is 16.2. The molecule has 0 atom stereocenters. The van der Waals surface area contributed by atoms with E-state index in [1.54, 1.807) is 0 Å². The molecule has 2 aromatic heterocycles. The van der Waals surface area contributed by atoms with Crippen LogP contribution in [0.15, 0.2) is 9.59 Å². The van der Waals surface area contributed by atoms with Gasteiger partial charge in [0.15, 0.2) is 17.0 Å². The van der Waals surface area contributed by atoms with E-state index in [2.05, 4.69) is 26.8 Å². The molecule has 7 heteroatoms. The highest BCUT2D eigenvalue weighted by Gasteiger charge is 2.08. The molecule has 82 valence electrons. The minimum absolute atomic E-state index is 0.201. The molecule has 0 unspecified atom stereocenters. The van der Waals surface area contributed by atoms with Gasteiger partial charge in [0.1, 0.15) is 0 Å². The zero-order valence-corrected chi connectivity index (χ0v) is 8.50. The molecule has 0 aliphatic rings. The second-order valence-electron chi connectivity index (χ2n) is 3.11. The Kier molecular flexibility index (Phi) is 2.34. The molecule has 2 rings (SSSR count). The van der Waals surface area contributed by atoms with Gasteiger partial charge in [-0.1, -0.05) is 5.92 Å². The molecule has 0 bridgehead atoms. The largest absolute Gasteiger partial charge is 0.329 e. The number of imidazole rings is 1. The number of rotatable bonds is 0. The fourth-order valence-electron chi connectivity index (χ4n) is 1.30. The van der Waals surface area contributed by atoms with Crippen LogP contribution in [0.2, 0.25) is 0 Å². The van der Waals surface area contributed by atoms with Crippen LogP contribution >= 0.6 is 0 Å². The predicted octanol–water partition coefficient (Wildman–Crippen LogP) is -1.74. The van der Waals surface area contributed by atoms with Crippen LogP contribution in [0.5, 0.6) is 0 Å². The van der Waals surface area contributed by atoms with Crippen molar-refractivity contribution in [3.63, 3.8) is 0 Å². The minimum atomic E-state index is -0.512. The van der Waals surface area contributed by atoms with Gasteiger partial charge in [0.25, 0.3) is 5.56 Å². The third kappa shape index (κ3) is 1.51. The van der Waals surface area contributed by atoms with Crippen molar-refractivity contribution in [3.05, 3.63) is 26.7 Å². The normalized spacial score (nSPS) is 10.1. The van der Waals surface area contributed by atoms with Crippen LogP contribution < -0.4 is 17.0 Å². The lowest BCUT2D eigenvalue weighted by molar-refractivity contribution is 0.832. The van der Waals surface area contributed by atoms with Gasteiger partial charge in [-0.25, -0.2) is 9.78 Å². The molecule has 0 saturated heterocycles. The van der Waals surface area contributed by atoms with Crippen molar-refractivity contribution in [2.24, 2.45) is 12.8 Å². The maximum atomic E-state index is 11.4. The van der Waals surface area contributed by atoms with Crippen LogP contribution in [0.4, 0.5) is 0 Å². The molecule has 16 heavy (non-hydrogen) atoms. The number of hydrogen-bond donors (Lipinski definition) is 3. The maximum absolute atomic E-state index is 11.4. The zero-order chi connectivity index (χ0) is 11.7. The van der Waals surface area contributed by atoms with Crippen LogP contribution in [-0.4, -0.2) is 26.1 Å². The molecule has 0 aromatic carbocycles. The first-order valence-corrected chi connectivity index (χ1v) is 4.51. The lowest BCUT2D eigenvalue weighted by atomic mass is 10.5. The molecule has 0 spiro atoms. The average molecular weight is 219 g/mol. The van der Waals surface area contributed by atoms with Gasteiger partial charge in [0, 0.05) is 7.05 Å². The van der Waals surface area contributed by atoms with E-state index in [0.29, 0.717) is 5.82 Å². The van der Waals surface area contributed by atoms with E-state index in [-0.39, 0.29) is 17.7 Å². The lowest BCUT2D eigenvalue weighted by Gasteiger charge is -1.94. The summed E-state index contributed by atoms with van der Waals surface area (Å²) in [5.41, 5.74) is 4.70. The van der Waals surface area contributed by atoms with Crippen molar-refractivity contribution in [2.75, 3.05) is 6.54 Å². The molecule has 0 saturated carbocycles. The Balaban J connectivity index is 2.80. The van der Waals surface area contributed by atoms with Crippen LogP contribution in [0.25, 0.3) is 11.2 Å². The first kappa shape index (κ1) is 10.2. The molecule has 4 N–H and O–H groups in total. The van der Waals surface area contributed by atoms with Crippen molar-refractivity contribution in [1.82, 2.24) is 19.5 Å². The zero-order valence-electron chi connectivity index (χ0n) is 8.50. The summed E-state index contributed by atoms with van der Waals surface area (Å²) < 4.78 is 1.24.